The minimum Gasteiger partial charge on any atom is -0.497 e. The van der Waals surface area contributed by atoms with Crippen molar-refractivity contribution in [3.05, 3.63) is 83.2 Å². The smallest absolute Gasteiger partial charge is 0.141 e. The zero-order chi connectivity index (χ0) is 22.8. The molecule has 3 rings (SSSR count). The molecule has 1 aromatic heterocycles. The van der Waals surface area contributed by atoms with Crippen LogP contribution in [0.25, 0.3) is 0 Å². The molecule has 6 nitrogen and oxygen atoms in total. The first-order chi connectivity index (χ1) is 14.6. The van der Waals surface area contributed by atoms with Gasteiger partial charge in [0, 0.05) is 7.05 Å². The van der Waals surface area contributed by atoms with Gasteiger partial charge in [0.05, 0.1) is 46.6 Å². The first-order valence-electron chi connectivity index (χ1n) is 9.64. The normalized spacial score (nSPS) is 14.5. The second kappa shape index (κ2) is 8.61. The molecular weight excluding hydrogens is 415 g/mol. The lowest BCUT2D eigenvalue weighted by Crippen LogP contribution is -2.50. The number of ether oxygens (including phenoxy) is 1. The number of rotatable bonds is 6. The van der Waals surface area contributed by atoms with E-state index in [0.29, 0.717) is 17.0 Å². The summed E-state index contributed by atoms with van der Waals surface area (Å²) in [6.07, 6.45) is 3.29. The van der Waals surface area contributed by atoms with Crippen LogP contribution in [0.1, 0.15) is 43.2 Å². The van der Waals surface area contributed by atoms with Gasteiger partial charge >= 0.3 is 0 Å². The molecule has 0 aliphatic heterocycles. The Hall–Kier alpha value is -3.02. The summed E-state index contributed by atoms with van der Waals surface area (Å²) in [5, 5.41) is 9.18. The van der Waals surface area contributed by atoms with Crippen LogP contribution < -0.4 is 9.46 Å². The SMILES string of the molecule is COc1ccc(C(NS(=O)C(C)(C)C)(c2ccc(C#N)c(F)c2)c2cncn2C)cc1. The summed E-state index contributed by atoms with van der Waals surface area (Å²) in [5.41, 5.74) is 0.618. The lowest BCUT2D eigenvalue weighted by Gasteiger charge is -2.38. The number of aromatic nitrogens is 2. The van der Waals surface area contributed by atoms with Crippen molar-refractivity contribution >= 4 is 11.0 Å². The number of benzene rings is 2. The first-order valence-corrected chi connectivity index (χ1v) is 10.8. The highest BCUT2D eigenvalue weighted by Crippen LogP contribution is 2.39. The van der Waals surface area contributed by atoms with Gasteiger partial charge in [-0.15, -0.1) is 0 Å². The van der Waals surface area contributed by atoms with Gasteiger partial charge in [0.25, 0.3) is 0 Å². The maximum absolute atomic E-state index is 14.8. The lowest BCUT2D eigenvalue weighted by molar-refractivity contribution is 0.414. The van der Waals surface area contributed by atoms with Crippen molar-refractivity contribution in [3.63, 3.8) is 0 Å². The molecule has 1 heterocycles. The van der Waals surface area contributed by atoms with Crippen LogP contribution in [-0.2, 0) is 23.6 Å². The van der Waals surface area contributed by atoms with Crippen molar-refractivity contribution in [2.45, 2.75) is 31.1 Å². The third kappa shape index (κ3) is 4.24. The second-order valence-corrected chi connectivity index (χ2v) is 10.1. The van der Waals surface area contributed by atoms with Crippen molar-refractivity contribution < 1.29 is 13.3 Å². The van der Waals surface area contributed by atoms with Crippen LogP contribution >= 0.6 is 0 Å². The first kappa shape index (κ1) is 22.7. The van der Waals surface area contributed by atoms with E-state index < -0.39 is 27.1 Å². The highest BCUT2D eigenvalue weighted by Gasteiger charge is 2.42. The van der Waals surface area contributed by atoms with Crippen LogP contribution in [0.15, 0.2) is 55.0 Å². The molecule has 31 heavy (non-hydrogen) atoms. The van der Waals surface area contributed by atoms with E-state index in [-0.39, 0.29) is 5.56 Å². The summed E-state index contributed by atoms with van der Waals surface area (Å²) in [6.45, 7) is 5.58. The molecular formula is C23H25FN4O2S. The van der Waals surface area contributed by atoms with Crippen LogP contribution in [0.3, 0.4) is 0 Å². The Labute approximate surface area is 184 Å². The van der Waals surface area contributed by atoms with Gasteiger partial charge in [-0.3, -0.25) is 0 Å². The van der Waals surface area contributed by atoms with Gasteiger partial charge in [0.15, 0.2) is 0 Å². The van der Waals surface area contributed by atoms with E-state index in [1.54, 1.807) is 42.4 Å². The largest absolute Gasteiger partial charge is 0.497 e. The highest BCUT2D eigenvalue weighted by molar-refractivity contribution is 7.84. The van der Waals surface area contributed by atoms with Crippen LogP contribution in [-0.4, -0.2) is 25.6 Å². The number of nitrogens with one attached hydrogen (secondary N) is 1. The maximum atomic E-state index is 14.8. The zero-order valence-electron chi connectivity index (χ0n) is 18.1. The van der Waals surface area contributed by atoms with E-state index in [2.05, 4.69) is 9.71 Å². The van der Waals surface area contributed by atoms with Crippen molar-refractivity contribution in [2.24, 2.45) is 7.05 Å². The monoisotopic (exact) mass is 440 g/mol. The van der Waals surface area contributed by atoms with E-state index in [1.165, 1.54) is 12.1 Å². The number of halogens is 1. The summed E-state index contributed by atoms with van der Waals surface area (Å²) in [4.78, 5) is 4.25. The van der Waals surface area contributed by atoms with Crippen molar-refractivity contribution in [3.8, 4) is 11.8 Å². The van der Waals surface area contributed by atoms with Crippen molar-refractivity contribution in [1.29, 1.82) is 5.26 Å². The maximum Gasteiger partial charge on any atom is 0.141 e. The Balaban J connectivity index is 2.38. The van der Waals surface area contributed by atoms with Crippen LogP contribution in [0, 0.1) is 17.1 Å². The quantitative estimate of drug-likeness (QED) is 0.633. The Kier molecular flexibility index (Phi) is 6.30. The molecule has 0 bridgehead atoms. The van der Waals surface area contributed by atoms with Crippen molar-refractivity contribution in [2.75, 3.05) is 7.11 Å². The van der Waals surface area contributed by atoms with Crippen LogP contribution in [0.2, 0.25) is 0 Å². The molecule has 2 aromatic carbocycles. The Morgan fingerprint density at radius 1 is 1.16 bits per heavy atom. The number of hydrogen-bond acceptors (Lipinski definition) is 4. The summed E-state index contributed by atoms with van der Waals surface area (Å²) < 4.78 is 37.9. The van der Waals surface area contributed by atoms with E-state index in [9.17, 15) is 13.9 Å². The number of nitriles is 1. The van der Waals surface area contributed by atoms with Gasteiger partial charge < -0.3 is 9.30 Å². The third-order valence-corrected chi connectivity index (χ3v) is 6.65. The molecule has 2 unspecified atom stereocenters. The highest BCUT2D eigenvalue weighted by atomic mass is 32.2. The average molecular weight is 441 g/mol. The molecule has 3 aromatic rings. The van der Waals surface area contributed by atoms with E-state index in [0.717, 1.165) is 5.56 Å². The molecule has 0 amide bonds. The molecule has 0 aliphatic rings. The fraction of sp³-hybridized carbons (Fsp3) is 0.304. The number of nitrogens with zero attached hydrogens (tertiary/aromatic N) is 3. The molecule has 1 N–H and O–H groups in total. The Morgan fingerprint density at radius 3 is 2.29 bits per heavy atom. The molecule has 8 heteroatoms. The predicted molar refractivity (Wildman–Crippen MR) is 118 cm³/mol. The summed E-state index contributed by atoms with van der Waals surface area (Å²) in [7, 11) is 1.87. The van der Waals surface area contributed by atoms with Gasteiger partial charge in [0.2, 0.25) is 0 Å². The molecule has 2 atom stereocenters. The summed E-state index contributed by atoms with van der Waals surface area (Å²) in [6, 6.07) is 13.5. The zero-order valence-corrected chi connectivity index (χ0v) is 19.0. The number of imidazole rings is 1. The molecule has 0 spiro atoms. The number of methoxy groups -OCH3 is 1. The van der Waals surface area contributed by atoms with Crippen LogP contribution in [0.4, 0.5) is 4.39 Å². The number of hydrogen-bond donors (Lipinski definition) is 1. The molecule has 162 valence electrons. The minimum absolute atomic E-state index is 0.0608. The van der Waals surface area contributed by atoms with Gasteiger partial charge in [-0.05, 0) is 56.2 Å². The Morgan fingerprint density at radius 2 is 1.81 bits per heavy atom. The topological polar surface area (TPSA) is 79.9 Å². The van der Waals surface area contributed by atoms with E-state index in [1.807, 2.05) is 46.0 Å². The number of aryl methyl sites for hydroxylation is 1. The predicted octanol–water partition coefficient (Wildman–Crippen LogP) is 3.78. The standard InChI is InChI=1S/C23H25FN4O2S/c1-22(2,3)31(29)27-23(21-14-26-15-28(21)4,17-8-10-19(30-5)11-9-17)18-7-6-16(13-25)20(24)12-18/h6-12,14-15,27H,1-5H3. The molecule has 0 aliphatic carbocycles. The molecule has 0 saturated carbocycles. The van der Waals surface area contributed by atoms with Gasteiger partial charge in [-0.1, -0.05) is 18.2 Å². The second-order valence-electron chi connectivity index (χ2n) is 8.16. The van der Waals surface area contributed by atoms with Crippen molar-refractivity contribution in [1.82, 2.24) is 14.3 Å². The van der Waals surface area contributed by atoms with Gasteiger partial charge in [-0.25, -0.2) is 18.3 Å². The Bertz CT molecular complexity index is 1150. The van der Waals surface area contributed by atoms with Gasteiger partial charge in [0.1, 0.15) is 23.2 Å². The average Bonchev–Trinajstić information content (AvgIpc) is 3.17. The fourth-order valence-electron chi connectivity index (χ4n) is 3.32. The molecule has 0 radical (unpaired) electrons. The molecule has 0 saturated heterocycles. The minimum atomic E-state index is -1.53. The fourth-order valence-corrected chi connectivity index (χ4v) is 4.25. The van der Waals surface area contributed by atoms with Gasteiger partial charge in [-0.2, -0.15) is 5.26 Å². The van der Waals surface area contributed by atoms with E-state index in [4.69, 9.17) is 4.74 Å². The summed E-state index contributed by atoms with van der Waals surface area (Å²) in [5.74, 6) is 0.00834. The van der Waals surface area contributed by atoms with E-state index >= 15 is 0 Å². The summed E-state index contributed by atoms with van der Waals surface area (Å²) >= 11 is 0. The lowest BCUT2D eigenvalue weighted by atomic mass is 9.80. The third-order valence-electron chi connectivity index (χ3n) is 5.05. The molecule has 0 fully saturated rings. The van der Waals surface area contributed by atoms with Crippen LogP contribution in [0.5, 0.6) is 5.75 Å².